The van der Waals surface area contributed by atoms with Crippen molar-refractivity contribution in [1.82, 2.24) is 0 Å². The van der Waals surface area contributed by atoms with Crippen molar-refractivity contribution in [2.24, 2.45) is 0 Å². The van der Waals surface area contributed by atoms with E-state index in [0.717, 1.165) is 11.2 Å². The molecule has 8 aromatic carbocycles. The van der Waals surface area contributed by atoms with E-state index in [1.165, 1.54) is 230 Å². The number of hydrogen-bond donors (Lipinski definition) is 0. The van der Waals surface area contributed by atoms with E-state index in [4.69, 9.17) is 4.42 Å². The second kappa shape index (κ2) is 18.3. The molecule has 9 rings (SSSR count). The molecule has 0 spiro atoms. The van der Waals surface area contributed by atoms with E-state index in [-0.39, 0.29) is 0 Å². The first kappa shape index (κ1) is 53.7. The Morgan fingerprint density at radius 1 is 0.123 bits per heavy atom. The second-order valence-corrected chi connectivity index (χ2v) is 23.5. The van der Waals surface area contributed by atoms with Gasteiger partial charge >= 0.3 is 0 Å². The molecule has 0 aliphatic carbocycles. The summed E-state index contributed by atoms with van der Waals surface area (Å²) in [4.78, 5) is 0. The smallest absolute Gasteiger partial charge is 0.143 e. The Hall–Kier alpha value is -4.10. The number of benzene rings is 8. The zero-order valence-corrected chi connectivity index (χ0v) is 50.4. The van der Waals surface area contributed by atoms with Gasteiger partial charge in [0.15, 0.2) is 0 Å². The van der Waals surface area contributed by atoms with Crippen LogP contribution in [0, 0.1) is 0 Å². The maximum Gasteiger partial charge on any atom is 0.143 e. The lowest BCUT2D eigenvalue weighted by Crippen LogP contribution is -2.57. The molecule has 1 aromatic heterocycles. The first-order chi connectivity index (χ1) is 34.0. The fourth-order valence-corrected chi connectivity index (χ4v) is 14.1. The Kier molecular flexibility index (Phi) is 13.5. The molecule has 0 radical (unpaired) electrons. The topological polar surface area (TPSA) is 13.1 Å². The minimum Gasteiger partial charge on any atom is -0.457 e. The van der Waals surface area contributed by atoms with Gasteiger partial charge in [0.1, 0.15) is 231 Å². The molecule has 322 valence electrons. The highest BCUT2D eigenvalue weighted by atomic mass is 16.3. The molecule has 0 N–H and O–H groups in total. The molecule has 1 nitrogen and oxygen atoms in total. The van der Waals surface area contributed by atoms with E-state index in [9.17, 15) is 0 Å². The molecule has 9 aromatic rings. The Labute approximate surface area is 461 Å². The fourth-order valence-electron chi connectivity index (χ4n) is 14.1. The largest absolute Gasteiger partial charge is 0.457 e. The summed E-state index contributed by atoms with van der Waals surface area (Å²) in [6, 6.07) is 0. The highest BCUT2D eigenvalue weighted by Gasteiger charge is 2.33. The van der Waals surface area contributed by atoms with Crippen molar-refractivity contribution in [3.63, 3.8) is 0 Å². The zero-order valence-electron chi connectivity index (χ0n) is 50.4. The van der Waals surface area contributed by atoms with Gasteiger partial charge in [-0.3, -0.25) is 0 Å². The van der Waals surface area contributed by atoms with E-state index in [1.54, 1.807) is 0 Å². The van der Waals surface area contributed by atoms with Gasteiger partial charge in [-0.15, -0.1) is 54.6 Å². The first-order valence-corrected chi connectivity index (χ1v) is 27.2. The SMILES string of the molecule is Bc1c(B)c(B)c(-c2c(B)c(B)c(-c3c(B)c(B)c(B)c(B)c3-c3c4c(B)c(B)c(B)c(B)c4c(-c4c(B)c(B)c(B)c5oc6c(B)c(B)c(B)c(B)c6c45)c4c(B)c(B)c(B)c(B)c34)c(B)c2B)c(B)c1B. The maximum absolute atomic E-state index is 7.27. The fraction of sp³-hybridized carbons (Fsp3) is 0. The van der Waals surface area contributed by atoms with E-state index in [2.05, 4.69) is 220 Å². The van der Waals surface area contributed by atoms with Crippen LogP contribution in [0.25, 0.3) is 88.0 Å². The summed E-state index contributed by atoms with van der Waals surface area (Å²) in [5.74, 6) is 0. The molecule has 0 fully saturated rings. The average Bonchev–Trinajstić information content (AvgIpc) is 3.76. The molecule has 0 unspecified atom stereocenters. The Bertz CT molecular complexity index is 3980. The van der Waals surface area contributed by atoms with Crippen LogP contribution in [0.3, 0.4) is 0 Å². The summed E-state index contributed by atoms with van der Waals surface area (Å²) in [5, 5.41) is 8.06. The van der Waals surface area contributed by atoms with Crippen LogP contribution in [0.4, 0.5) is 0 Å². The van der Waals surface area contributed by atoms with Crippen molar-refractivity contribution < 1.29 is 4.42 Å². The van der Waals surface area contributed by atoms with Crippen LogP contribution in [0.1, 0.15) is 0 Å². The summed E-state index contributed by atoms with van der Waals surface area (Å²) in [6.45, 7) is 0. The molecule has 29 heteroatoms. The van der Waals surface area contributed by atoms with Crippen molar-refractivity contribution in [2.75, 3.05) is 0 Å². The molecular weight excluding hydrogens is 847 g/mol. The van der Waals surface area contributed by atoms with Crippen LogP contribution < -0.4 is 153 Å². The molecule has 0 bridgehead atoms. The van der Waals surface area contributed by atoms with E-state index in [1.807, 2.05) is 0 Å². The van der Waals surface area contributed by atoms with Crippen LogP contribution in [-0.4, -0.2) is 220 Å². The Balaban J connectivity index is 1.62. The number of furan rings is 1. The van der Waals surface area contributed by atoms with Gasteiger partial charge in [0, 0.05) is 10.8 Å². The van der Waals surface area contributed by atoms with Gasteiger partial charge in [-0.25, -0.2) is 0 Å². The van der Waals surface area contributed by atoms with Gasteiger partial charge < -0.3 is 4.42 Å². The van der Waals surface area contributed by atoms with Crippen LogP contribution in [0.15, 0.2) is 4.42 Å². The molecule has 1 heterocycles. The summed E-state index contributed by atoms with van der Waals surface area (Å²) in [7, 11) is 66.3. The van der Waals surface area contributed by atoms with E-state index >= 15 is 0 Å². The predicted molar refractivity (Wildman–Crippen MR) is 419 cm³/mol. The third-order valence-electron chi connectivity index (χ3n) is 21.1. The third-order valence-corrected chi connectivity index (χ3v) is 21.1. The highest BCUT2D eigenvalue weighted by Crippen LogP contribution is 2.44. The van der Waals surface area contributed by atoms with Crippen molar-refractivity contribution in [3.05, 3.63) is 0 Å². The van der Waals surface area contributed by atoms with Gasteiger partial charge in [0.05, 0.1) is 0 Å². The van der Waals surface area contributed by atoms with E-state index in [0.29, 0.717) is 0 Å². The third kappa shape index (κ3) is 7.09. The maximum atomic E-state index is 7.27. The van der Waals surface area contributed by atoms with Crippen molar-refractivity contribution in [1.29, 1.82) is 0 Å². The second-order valence-electron chi connectivity index (χ2n) is 23.5. The zero-order chi connectivity index (χ0) is 54.1. The number of fused-ring (bicyclic) bond motifs is 5. The molecule has 0 aliphatic rings. The normalized spacial score (nSPS) is 11.7. The molecule has 0 saturated carbocycles. The molecule has 0 aliphatic heterocycles. The predicted octanol–water partition coefficient (Wildman–Crippen LogP) is -36.2. The van der Waals surface area contributed by atoms with Gasteiger partial charge in [-0.05, 0) is 66.1 Å². The molecule has 0 saturated heterocycles. The monoisotopic (exact) mass is 909 g/mol. The van der Waals surface area contributed by atoms with Crippen molar-refractivity contribution in [3.8, 4) is 44.5 Å². The average molecular weight is 904 g/mol. The Morgan fingerprint density at radius 3 is 0.644 bits per heavy atom. The highest BCUT2D eigenvalue weighted by molar-refractivity contribution is 6.77. The molecule has 73 heavy (non-hydrogen) atoms. The van der Waals surface area contributed by atoms with Crippen molar-refractivity contribution in [2.45, 2.75) is 0 Å². The summed E-state index contributed by atoms with van der Waals surface area (Å²) in [6.07, 6.45) is 0. The summed E-state index contributed by atoms with van der Waals surface area (Å²) in [5.41, 5.74) is 51.2. The van der Waals surface area contributed by atoms with Crippen LogP contribution in [0.2, 0.25) is 0 Å². The van der Waals surface area contributed by atoms with Gasteiger partial charge in [0.25, 0.3) is 0 Å². The molecule has 0 atom stereocenters. The molecule has 0 amide bonds. The van der Waals surface area contributed by atoms with Gasteiger partial charge in [-0.2, -0.15) is 0 Å². The van der Waals surface area contributed by atoms with Gasteiger partial charge in [0.2, 0.25) is 0 Å². The number of rotatable bonds is 4. The first-order valence-electron chi connectivity index (χ1n) is 27.2. The minimum absolute atomic E-state index is 1.02. The lowest BCUT2D eigenvalue weighted by Gasteiger charge is -2.33. The van der Waals surface area contributed by atoms with E-state index < -0.39 is 0 Å². The van der Waals surface area contributed by atoms with Crippen LogP contribution in [0.5, 0.6) is 0 Å². The van der Waals surface area contributed by atoms with Gasteiger partial charge in [-0.1, -0.05) is 98.3 Å². The summed E-state index contributed by atoms with van der Waals surface area (Å²) >= 11 is 0. The van der Waals surface area contributed by atoms with Crippen molar-refractivity contribution >= 4 is 416 Å². The lowest BCUT2D eigenvalue weighted by molar-refractivity contribution is 0.675. The minimum atomic E-state index is 1.02. The van der Waals surface area contributed by atoms with Crippen LogP contribution in [-0.2, 0) is 0 Å². The summed E-state index contributed by atoms with van der Waals surface area (Å²) < 4.78 is 7.27. The number of hydrogen-bond acceptors (Lipinski definition) is 1. The standard InChI is InChI=1S/C44H56B28O/c45-15-3-1(7-9(21(51)34(64)33(63)19(7)49)11-22(52)24(54)12(25(55)23(11)53)13-26(56)35(65)39(69)36(66)27(13)57)4-6(18(48)32(62)30(60)16(4)46)2(5(3)17(47)31(61)29(15)59)8-10-14-28(58)37(67)40(70)42(72)44(14)73-43(10)41(71)38(68)20(8)50/h45-72H2. The lowest BCUT2D eigenvalue weighted by atomic mass is 9.54. The molecular formula is C44H56B28O. The van der Waals surface area contributed by atoms with Crippen LogP contribution >= 0.6 is 0 Å². The Morgan fingerprint density at radius 2 is 0.301 bits per heavy atom. The quantitative estimate of drug-likeness (QED) is 0.127.